The van der Waals surface area contributed by atoms with E-state index < -0.39 is 0 Å². The van der Waals surface area contributed by atoms with E-state index in [2.05, 4.69) is 0 Å². The van der Waals surface area contributed by atoms with E-state index in [0.29, 0.717) is 13.1 Å². The van der Waals surface area contributed by atoms with E-state index in [1.165, 1.54) is 18.7 Å². The number of hydrogen-bond donors (Lipinski definition) is 2. The van der Waals surface area contributed by atoms with Gasteiger partial charge in [0.2, 0.25) is 0 Å². The van der Waals surface area contributed by atoms with Crippen molar-refractivity contribution < 1.29 is 4.79 Å². The number of carbonyl (C=O) groups excluding carboxylic acids is 1. The van der Waals surface area contributed by atoms with Crippen molar-refractivity contribution in [2.45, 2.75) is 12.2 Å². The predicted octanol–water partition coefficient (Wildman–Crippen LogP) is 0.396. The SMILES string of the molecule is CC(=O)SC(CN)CN.Cl.Cl. The summed E-state index contributed by atoms with van der Waals surface area (Å²) in [5.41, 5.74) is 10.6. The van der Waals surface area contributed by atoms with Crippen molar-refractivity contribution in [3.63, 3.8) is 0 Å². The van der Waals surface area contributed by atoms with Gasteiger partial charge in [0.1, 0.15) is 0 Å². The average molecular weight is 221 g/mol. The highest BCUT2D eigenvalue weighted by molar-refractivity contribution is 8.14. The topological polar surface area (TPSA) is 69.1 Å². The van der Waals surface area contributed by atoms with Crippen LogP contribution in [0.25, 0.3) is 0 Å². The van der Waals surface area contributed by atoms with E-state index in [-0.39, 0.29) is 35.2 Å². The van der Waals surface area contributed by atoms with Crippen molar-refractivity contribution in [1.29, 1.82) is 0 Å². The van der Waals surface area contributed by atoms with Gasteiger partial charge in [-0.2, -0.15) is 0 Å². The molecule has 0 aliphatic carbocycles. The zero-order valence-electron chi connectivity index (χ0n) is 6.28. The van der Waals surface area contributed by atoms with E-state index >= 15 is 0 Å². The monoisotopic (exact) mass is 220 g/mol. The van der Waals surface area contributed by atoms with Crippen LogP contribution in [0.3, 0.4) is 0 Å². The predicted molar refractivity (Wildman–Crippen MR) is 54.7 cm³/mol. The molecule has 0 aliphatic heterocycles. The molecule has 0 aliphatic rings. The van der Waals surface area contributed by atoms with Gasteiger partial charge in [-0.15, -0.1) is 24.8 Å². The smallest absolute Gasteiger partial charge is 0.186 e. The van der Waals surface area contributed by atoms with Gasteiger partial charge in [-0.3, -0.25) is 4.79 Å². The van der Waals surface area contributed by atoms with E-state index in [4.69, 9.17) is 11.5 Å². The quantitative estimate of drug-likeness (QED) is 0.723. The third kappa shape index (κ3) is 10.5. The molecule has 0 atom stereocenters. The number of rotatable bonds is 3. The highest BCUT2D eigenvalue weighted by atomic mass is 35.5. The summed E-state index contributed by atoms with van der Waals surface area (Å²) in [5.74, 6) is 0. The van der Waals surface area contributed by atoms with Crippen molar-refractivity contribution in [1.82, 2.24) is 0 Å². The number of carbonyl (C=O) groups is 1. The lowest BCUT2D eigenvalue weighted by Crippen LogP contribution is -2.26. The second-order valence-corrected chi connectivity index (χ2v) is 3.18. The molecule has 0 fully saturated rings. The Balaban J connectivity index is -0.000000320. The molecular formula is C5H14Cl2N2OS. The first-order chi connectivity index (χ1) is 4.20. The molecule has 0 aromatic carbocycles. The second-order valence-electron chi connectivity index (χ2n) is 1.70. The van der Waals surface area contributed by atoms with Crippen LogP contribution in [0.5, 0.6) is 0 Å². The Labute approximate surface area is 83.5 Å². The van der Waals surface area contributed by atoms with Crippen LogP contribution in [0.1, 0.15) is 6.92 Å². The van der Waals surface area contributed by atoms with Crippen molar-refractivity contribution in [2.24, 2.45) is 11.5 Å². The fourth-order valence-corrected chi connectivity index (χ4v) is 1.09. The number of hydrogen-bond acceptors (Lipinski definition) is 4. The van der Waals surface area contributed by atoms with E-state index in [0.717, 1.165) is 0 Å². The van der Waals surface area contributed by atoms with Gasteiger partial charge >= 0.3 is 0 Å². The van der Waals surface area contributed by atoms with Crippen molar-refractivity contribution in [3.05, 3.63) is 0 Å². The van der Waals surface area contributed by atoms with Crippen LogP contribution in [-0.2, 0) is 4.79 Å². The molecule has 0 unspecified atom stereocenters. The zero-order chi connectivity index (χ0) is 7.28. The summed E-state index contributed by atoms with van der Waals surface area (Å²) in [5, 5.41) is 0.179. The molecule has 0 saturated carbocycles. The number of nitrogens with two attached hydrogens (primary N) is 2. The molecule has 0 amide bonds. The van der Waals surface area contributed by atoms with Crippen LogP contribution in [0, 0.1) is 0 Å². The fraction of sp³-hybridized carbons (Fsp3) is 0.800. The maximum atomic E-state index is 10.4. The van der Waals surface area contributed by atoms with E-state index in [9.17, 15) is 4.79 Å². The summed E-state index contributed by atoms with van der Waals surface area (Å²) in [6.45, 7) is 2.46. The van der Waals surface area contributed by atoms with Crippen LogP contribution >= 0.6 is 36.6 Å². The van der Waals surface area contributed by atoms with Crippen LogP contribution in [0.2, 0.25) is 0 Å². The Morgan fingerprint density at radius 3 is 1.82 bits per heavy atom. The van der Waals surface area contributed by atoms with Crippen molar-refractivity contribution in [3.8, 4) is 0 Å². The van der Waals surface area contributed by atoms with Crippen LogP contribution in [0.4, 0.5) is 0 Å². The molecule has 0 radical (unpaired) electrons. The van der Waals surface area contributed by atoms with E-state index in [1.807, 2.05) is 0 Å². The fourth-order valence-electron chi connectivity index (χ4n) is 0.427. The van der Waals surface area contributed by atoms with Gasteiger partial charge in [0, 0.05) is 25.3 Å². The molecular weight excluding hydrogens is 207 g/mol. The lowest BCUT2D eigenvalue weighted by Gasteiger charge is -2.06. The second kappa shape index (κ2) is 10.5. The van der Waals surface area contributed by atoms with Crippen molar-refractivity contribution >= 4 is 41.7 Å². The van der Waals surface area contributed by atoms with Crippen LogP contribution < -0.4 is 11.5 Å². The summed E-state index contributed by atoms with van der Waals surface area (Å²) in [4.78, 5) is 10.4. The zero-order valence-corrected chi connectivity index (χ0v) is 8.73. The molecule has 0 rings (SSSR count). The summed E-state index contributed by atoms with van der Waals surface area (Å²) in [7, 11) is 0. The van der Waals surface area contributed by atoms with Crippen molar-refractivity contribution in [2.75, 3.05) is 13.1 Å². The van der Waals surface area contributed by atoms with Gasteiger partial charge in [-0.25, -0.2) is 0 Å². The minimum atomic E-state index is 0. The summed E-state index contributed by atoms with van der Waals surface area (Å²) in [6, 6.07) is 0. The molecule has 0 spiro atoms. The molecule has 4 N–H and O–H groups in total. The molecule has 0 aromatic rings. The largest absolute Gasteiger partial charge is 0.329 e. The summed E-state index contributed by atoms with van der Waals surface area (Å²) < 4.78 is 0. The van der Waals surface area contributed by atoms with Crippen LogP contribution in [-0.4, -0.2) is 23.5 Å². The van der Waals surface area contributed by atoms with Gasteiger partial charge in [0.05, 0.1) is 0 Å². The lowest BCUT2D eigenvalue weighted by atomic mass is 10.4. The standard InChI is InChI=1S/C5H12N2OS.2ClH/c1-4(8)9-5(2-6)3-7;;/h5H,2-3,6-7H2,1H3;2*1H. The Morgan fingerprint density at radius 1 is 1.36 bits per heavy atom. The molecule has 0 bridgehead atoms. The lowest BCUT2D eigenvalue weighted by molar-refractivity contribution is -0.109. The minimum absolute atomic E-state index is 0. The Hall–Kier alpha value is 0.520. The Morgan fingerprint density at radius 2 is 1.73 bits per heavy atom. The Kier molecular flexibility index (Phi) is 16.8. The molecule has 0 aromatic heterocycles. The highest BCUT2D eigenvalue weighted by Crippen LogP contribution is 2.07. The van der Waals surface area contributed by atoms with Gasteiger partial charge < -0.3 is 11.5 Å². The third-order valence-corrected chi connectivity index (χ3v) is 1.91. The van der Waals surface area contributed by atoms with Crippen LogP contribution in [0.15, 0.2) is 0 Å². The van der Waals surface area contributed by atoms with Gasteiger partial charge in [0.25, 0.3) is 0 Å². The number of halogens is 2. The molecule has 3 nitrogen and oxygen atoms in total. The summed E-state index contributed by atoms with van der Waals surface area (Å²) >= 11 is 1.21. The maximum absolute atomic E-state index is 10.4. The molecule has 11 heavy (non-hydrogen) atoms. The first kappa shape index (κ1) is 17.6. The van der Waals surface area contributed by atoms with Gasteiger partial charge in [0.15, 0.2) is 5.12 Å². The first-order valence-electron chi connectivity index (χ1n) is 2.78. The molecule has 70 valence electrons. The maximum Gasteiger partial charge on any atom is 0.186 e. The first-order valence-corrected chi connectivity index (χ1v) is 3.66. The normalized spacial score (nSPS) is 8.36. The number of thioether (sulfide) groups is 1. The summed E-state index contributed by atoms with van der Waals surface area (Å²) in [6.07, 6.45) is 0. The van der Waals surface area contributed by atoms with E-state index in [1.54, 1.807) is 0 Å². The van der Waals surface area contributed by atoms with Gasteiger partial charge in [-0.1, -0.05) is 11.8 Å². The molecule has 0 saturated heterocycles. The minimum Gasteiger partial charge on any atom is -0.329 e. The molecule has 0 heterocycles. The Bertz CT molecular complexity index is 100. The third-order valence-electron chi connectivity index (χ3n) is 0.858. The average Bonchev–Trinajstić information content (AvgIpc) is 1.82. The van der Waals surface area contributed by atoms with Gasteiger partial charge in [-0.05, 0) is 0 Å². The molecule has 6 heteroatoms. The highest BCUT2D eigenvalue weighted by Gasteiger charge is 2.06.